The maximum Gasteiger partial charge on any atom is 0.408 e. The molecule has 2 aliphatic rings. The third kappa shape index (κ3) is 6.34. The average Bonchev–Trinajstić information content (AvgIpc) is 3.66. The zero-order valence-corrected chi connectivity index (χ0v) is 24.8. The van der Waals surface area contributed by atoms with Crippen molar-refractivity contribution in [2.45, 2.75) is 63.7 Å². The van der Waals surface area contributed by atoms with Crippen LogP contribution in [0.4, 0.5) is 16.2 Å². The van der Waals surface area contributed by atoms with E-state index in [0.717, 1.165) is 23.3 Å². The number of ether oxygens (including phenoxy) is 1. The molecule has 6 rings (SSSR count). The highest BCUT2D eigenvalue weighted by molar-refractivity contribution is 6.05. The molecular weight excluding hydrogens is 546 g/mol. The number of anilines is 2. The van der Waals surface area contributed by atoms with Crippen molar-refractivity contribution in [3.63, 3.8) is 0 Å². The van der Waals surface area contributed by atoms with Gasteiger partial charge in [-0.3, -0.25) is 9.78 Å². The van der Waals surface area contributed by atoms with E-state index in [-0.39, 0.29) is 11.6 Å². The van der Waals surface area contributed by atoms with Gasteiger partial charge in [0.05, 0.1) is 29.7 Å². The minimum atomic E-state index is -0.753. The van der Waals surface area contributed by atoms with Gasteiger partial charge in [-0.1, -0.05) is 37.3 Å². The van der Waals surface area contributed by atoms with E-state index in [1.165, 1.54) is 5.56 Å². The summed E-state index contributed by atoms with van der Waals surface area (Å²) in [6.07, 6.45) is 2.91. The standard InChI is InChI=1S/C33H37N5O5/c1-19-17-38(18-26(29(19)39)37-32(41)43-33(2,3)4)27-12-13-34-16-25(27)35-30(40)24-11-10-21-14-28(42-31(21)36-24)23-15-22(23)20-8-6-5-7-9-20/h5-14,16,19,22-23,26,29,39H,15,17-18H2,1-4H3,(H,35,40)(H,37,41)/t19-,22-,23+,26+,29+/m0/s1. The number of benzene rings is 1. The van der Waals surface area contributed by atoms with E-state index < -0.39 is 29.7 Å². The highest BCUT2D eigenvalue weighted by Gasteiger charge is 2.42. The highest BCUT2D eigenvalue weighted by atomic mass is 16.6. The van der Waals surface area contributed by atoms with Crippen LogP contribution in [0.25, 0.3) is 11.1 Å². The van der Waals surface area contributed by atoms with Gasteiger partial charge in [0.1, 0.15) is 17.1 Å². The van der Waals surface area contributed by atoms with Gasteiger partial charge in [-0.2, -0.15) is 0 Å². The molecule has 3 aromatic heterocycles. The average molecular weight is 584 g/mol. The van der Waals surface area contributed by atoms with E-state index in [0.29, 0.717) is 36.3 Å². The van der Waals surface area contributed by atoms with E-state index in [4.69, 9.17) is 9.15 Å². The Morgan fingerprint density at radius 3 is 2.63 bits per heavy atom. The summed E-state index contributed by atoms with van der Waals surface area (Å²) in [6, 6.07) is 17.2. The van der Waals surface area contributed by atoms with Crippen LogP contribution in [-0.4, -0.2) is 57.9 Å². The molecule has 0 spiro atoms. The highest BCUT2D eigenvalue weighted by Crippen LogP contribution is 2.55. The van der Waals surface area contributed by atoms with Gasteiger partial charge in [-0.05, 0) is 62.9 Å². The lowest BCUT2D eigenvalue weighted by molar-refractivity contribution is 0.0303. The Hall–Kier alpha value is -4.44. The predicted molar refractivity (Wildman–Crippen MR) is 163 cm³/mol. The molecule has 2 amide bonds. The quantitative estimate of drug-likeness (QED) is 0.273. The normalized spacial score (nSPS) is 23.6. The first-order chi connectivity index (χ1) is 20.6. The first-order valence-corrected chi connectivity index (χ1v) is 14.7. The molecule has 0 bridgehead atoms. The molecule has 1 saturated carbocycles. The SMILES string of the molecule is C[C@H]1CN(c2ccncc2NC(=O)c2ccc3cc([C@@H]4C[C@H]4c4ccccc4)oc3n2)C[C@@H](NC(=O)OC(C)(C)C)[C@@H]1O. The summed E-state index contributed by atoms with van der Waals surface area (Å²) < 4.78 is 11.5. The second kappa shape index (κ2) is 11.3. The van der Waals surface area contributed by atoms with Crippen molar-refractivity contribution in [3.8, 4) is 0 Å². The van der Waals surface area contributed by atoms with Gasteiger partial charge in [0.15, 0.2) is 0 Å². The minimum absolute atomic E-state index is 0.157. The van der Waals surface area contributed by atoms with Gasteiger partial charge >= 0.3 is 6.09 Å². The zero-order valence-electron chi connectivity index (χ0n) is 24.8. The Morgan fingerprint density at radius 1 is 1.07 bits per heavy atom. The predicted octanol–water partition coefficient (Wildman–Crippen LogP) is 5.46. The molecule has 2 fully saturated rings. The Labute approximate surface area is 250 Å². The van der Waals surface area contributed by atoms with Gasteiger partial charge in [0.25, 0.3) is 5.91 Å². The summed E-state index contributed by atoms with van der Waals surface area (Å²) >= 11 is 0. The van der Waals surface area contributed by atoms with Crippen LogP contribution in [0.5, 0.6) is 0 Å². The number of amides is 2. The first kappa shape index (κ1) is 28.7. The number of nitrogens with one attached hydrogen (secondary N) is 2. The van der Waals surface area contributed by atoms with Gasteiger partial charge in [-0.15, -0.1) is 0 Å². The van der Waals surface area contributed by atoms with Crippen LogP contribution in [-0.2, 0) is 4.74 Å². The number of rotatable bonds is 6. The number of hydrogen-bond acceptors (Lipinski definition) is 8. The second-order valence-corrected chi connectivity index (χ2v) is 12.6. The summed E-state index contributed by atoms with van der Waals surface area (Å²) in [6.45, 7) is 8.12. The molecule has 10 heteroatoms. The van der Waals surface area contributed by atoms with Crippen molar-refractivity contribution in [1.29, 1.82) is 0 Å². The smallest absolute Gasteiger partial charge is 0.408 e. The van der Waals surface area contributed by atoms with Crippen molar-refractivity contribution < 1.29 is 23.8 Å². The number of fused-ring (bicyclic) bond motifs is 1. The molecule has 3 N–H and O–H groups in total. The first-order valence-electron chi connectivity index (χ1n) is 14.7. The lowest BCUT2D eigenvalue weighted by Gasteiger charge is -2.42. The van der Waals surface area contributed by atoms with Crippen LogP contribution in [0.2, 0.25) is 0 Å². The molecule has 1 aliphatic carbocycles. The molecule has 10 nitrogen and oxygen atoms in total. The Balaban J connectivity index is 1.16. The number of aromatic nitrogens is 2. The molecule has 5 atom stereocenters. The summed E-state index contributed by atoms with van der Waals surface area (Å²) in [5, 5.41) is 17.4. The Kier molecular flexibility index (Phi) is 7.56. The monoisotopic (exact) mass is 583 g/mol. The molecule has 0 radical (unpaired) electrons. The molecule has 0 unspecified atom stereocenters. The van der Waals surface area contributed by atoms with Gasteiger partial charge in [0.2, 0.25) is 5.71 Å². The number of piperidine rings is 1. The summed E-state index contributed by atoms with van der Waals surface area (Å²) in [5.74, 6) is 1.09. The molecule has 224 valence electrons. The van der Waals surface area contributed by atoms with E-state index >= 15 is 0 Å². The third-order valence-electron chi connectivity index (χ3n) is 8.03. The van der Waals surface area contributed by atoms with Crippen LogP contribution in [0, 0.1) is 5.92 Å². The van der Waals surface area contributed by atoms with Crippen molar-refractivity contribution >= 4 is 34.5 Å². The fourth-order valence-electron chi connectivity index (χ4n) is 5.83. The lowest BCUT2D eigenvalue weighted by atomic mass is 9.92. The minimum Gasteiger partial charge on any atom is -0.444 e. The maximum atomic E-state index is 13.4. The zero-order chi connectivity index (χ0) is 30.3. The molecule has 1 saturated heterocycles. The number of hydrogen-bond donors (Lipinski definition) is 3. The number of alkyl carbamates (subject to hydrolysis) is 1. The molecule has 1 aromatic carbocycles. The van der Waals surface area contributed by atoms with Gasteiger partial charge in [-0.25, -0.2) is 9.78 Å². The largest absolute Gasteiger partial charge is 0.444 e. The fourth-order valence-corrected chi connectivity index (χ4v) is 5.83. The van der Waals surface area contributed by atoms with E-state index in [1.807, 2.05) is 30.0 Å². The van der Waals surface area contributed by atoms with Crippen molar-refractivity contribution in [2.75, 3.05) is 23.3 Å². The van der Waals surface area contributed by atoms with Crippen molar-refractivity contribution in [2.24, 2.45) is 5.92 Å². The number of nitrogens with zero attached hydrogens (tertiary/aromatic N) is 3. The van der Waals surface area contributed by atoms with Crippen LogP contribution in [0.15, 0.2) is 71.4 Å². The van der Waals surface area contributed by atoms with Crippen LogP contribution < -0.4 is 15.5 Å². The number of furan rings is 1. The van der Waals surface area contributed by atoms with Crippen LogP contribution >= 0.6 is 0 Å². The molecule has 4 aromatic rings. The van der Waals surface area contributed by atoms with E-state index in [9.17, 15) is 14.7 Å². The van der Waals surface area contributed by atoms with Crippen molar-refractivity contribution in [1.82, 2.24) is 15.3 Å². The molecule has 1 aliphatic heterocycles. The number of carbonyl (C=O) groups excluding carboxylic acids is 2. The Bertz CT molecular complexity index is 1630. The molecule has 4 heterocycles. The Morgan fingerprint density at radius 2 is 1.86 bits per heavy atom. The number of pyridine rings is 2. The molecular formula is C33H37N5O5. The third-order valence-corrected chi connectivity index (χ3v) is 8.03. The number of aliphatic hydroxyl groups is 1. The topological polar surface area (TPSA) is 130 Å². The van der Waals surface area contributed by atoms with Crippen molar-refractivity contribution in [3.05, 3.63) is 84.0 Å². The van der Waals surface area contributed by atoms with E-state index in [2.05, 4.69) is 44.9 Å². The fraction of sp³-hybridized carbons (Fsp3) is 0.394. The summed E-state index contributed by atoms with van der Waals surface area (Å²) in [7, 11) is 0. The van der Waals surface area contributed by atoms with E-state index in [1.54, 1.807) is 45.3 Å². The second-order valence-electron chi connectivity index (χ2n) is 12.6. The van der Waals surface area contributed by atoms with Crippen LogP contribution in [0.1, 0.15) is 67.8 Å². The number of aliphatic hydroxyl groups excluding tert-OH is 1. The number of carbonyl (C=O) groups is 2. The summed E-state index contributed by atoms with van der Waals surface area (Å²) in [4.78, 5) is 36.6. The maximum absolute atomic E-state index is 13.4. The van der Waals surface area contributed by atoms with Crippen LogP contribution in [0.3, 0.4) is 0 Å². The van der Waals surface area contributed by atoms with Gasteiger partial charge < -0.3 is 29.8 Å². The molecule has 43 heavy (non-hydrogen) atoms. The van der Waals surface area contributed by atoms with Gasteiger partial charge in [0, 0.05) is 36.5 Å². The lowest BCUT2D eigenvalue weighted by Crippen LogP contribution is -2.59. The summed E-state index contributed by atoms with van der Waals surface area (Å²) in [5.41, 5.74) is 2.53.